The Bertz CT molecular complexity index is 1140. The molecule has 9 nitrogen and oxygen atoms in total. The summed E-state index contributed by atoms with van der Waals surface area (Å²) in [5, 5.41) is 1.16. The smallest absolute Gasteiger partial charge is 0.306 e. The first kappa shape index (κ1) is 35.0. The van der Waals surface area contributed by atoms with Gasteiger partial charge in [-0.2, -0.15) is 0 Å². The van der Waals surface area contributed by atoms with E-state index in [1.54, 1.807) is 0 Å². The van der Waals surface area contributed by atoms with Crippen LogP contribution in [0.4, 0.5) is 0 Å². The predicted molar refractivity (Wildman–Crippen MR) is 163 cm³/mol. The number of nitrogens with zero attached hydrogens (tertiary/aromatic N) is 2. The van der Waals surface area contributed by atoms with Gasteiger partial charge in [-0.15, -0.1) is 0 Å². The van der Waals surface area contributed by atoms with Crippen LogP contribution in [0.1, 0.15) is 89.4 Å². The van der Waals surface area contributed by atoms with Crippen molar-refractivity contribution in [3.05, 3.63) is 36.0 Å². The second kappa shape index (κ2) is 18.4. The Balaban J connectivity index is 1.68. The van der Waals surface area contributed by atoms with Gasteiger partial charge in [-0.05, 0) is 44.0 Å². The number of aromatic nitrogens is 1. The van der Waals surface area contributed by atoms with E-state index in [9.17, 15) is 19.2 Å². The zero-order valence-corrected chi connectivity index (χ0v) is 26.4. The third-order valence-electron chi connectivity index (χ3n) is 7.32. The number of carbonyl (C=O) groups is 4. The first-order chi connectivity index (χ1) is 20.0. The summed E-state index contributed by atoms with van der Waals surface area (Å²) in [6, 6.07) is 8.15. The summed E-state index contributed by atoms with van der Waals surface area (Å²) in [5.41, 5.74) is 2.21. The molecule has 0 aliphatic rings. The van der Waals surface area contributed by atoms with Gasteiger partial charge in [-0.25, -0.2) is 0 Å². The van der Waals surface area contributed by atoms with Gasteiger partial charge in [0.15, 0.2) is 6.10 Å². The van der Waals surface area contributed by atoms with Crippen molar-refractivity contribution in [3.8, 4) is 0 Å². The van der Waals surface area contributed by atoms with E-state index in [0.29, 0.717) is 12.3 Å². The fraction of sp³-hybridized carbons (Fsp3) is 0.636. The molecule has 2 aromatic rings. The monoisotopic (exact) mass is 586 g/mol. The molecule has 0 aliphatic carbocycles. The van der Waals surface area contributed by atoms with Crippen molar-refractivity contribution >= 4 is 34.7 Å². The maximum atomic E-state index is 13.2. The number of esters is 3. The third kappa shape index (κ3) is 13.2. The van der Waals surface area contributed by atoms with E-state index in [4.69, 9.17) is 14.2 Å². The van der Waals surface area contributed by atoms with Gasteiger partial charge in [-0.3, -0.25) is 23.7 Å². The molecule has 234 valence electrons. The summed E-state index contributed by atoms with van der Waals surface area (Å²) in [5.74, 6) is -0.773. The third-order valence-corrected chi connectivity index (χ3v) is 7.32. The lowest BCUT2D eigenvalue weighted by Gasteiger charge is -2.18. The molecule has 0 amide bonds. The van der Waals surface area contributed by atoms with Crippen LogP contribution in [0.25, 0.3) is 10.9 Å². The molecule has 2 rings (SSSR count). The van der Waals surface area contributed by atoms with Crippen molar-refractivity contribution in [1.29, 1.82) is 0 Å². The van der Waals surface area contributed by atoms with Crippen LogP contribution in [0, 0.1) is 11.8 Å². The molecule has 9 heteroatoms. The molecular formula is C33H50N2O7. The summed E-state index contributed by atoms with van der Waals surface area (Å²) in [6.07, 6.45) is 9.05. The van der Waals surface area contributed by atoms with Crippen LogP contribution in [-0.4, -0.2) is 73.2 Å². The Morgan fingerprint density at radius 3 is 1.98 bits per heavy atom. The lowest BCUT2D eigenvalue weighted by atomic mass is 9.96. The highest BCUT2D eigenvalue weighted by Crippen LogP contribution is 2.24. The van der Waals surface area contributed by atoms with E-state index < -0.39 is 24.0 Å². The lowest BCUT2D eigenvalue weighted by Crippen LogP contribution is -2.30. The molecule has 2 unspecified atom stereocenters. The first-order valence-electron chi connectivity index (χ1n) is 15.2. The number of likely N-dealkylation sites (N-methyl/N-ethyl adjacent to an activating group) is 1. The van der Waals surface area contributed by atoms with Crippen LogP contribution in [0.5, 0.6) is 0 Å². The number of benzene rings is 1. The molecule has 1 heterocycles. The molecule has 1 aromatic heterocycles. The largest absolute Gasteiger partial charge is 0.462 e. The number of ether oxygens (including phenoxy) is 3. The second-order valence-corrected chi connectivity index (χ2v) is 11.8. The number of rotatable bonds is 19. The van der Waals surface area contributed by atoms with Crippen molar-refractivity contribution in [2.45, 2.75) is 91.6 Å². The molecule has 0 bridgehead atoms. The van der Waals surface area contributed by atoms with Gasteiger partial charge < -0.3 is 19.1 Å². The molecule has 0 saturated carbocycles. The Labute approximate surface area is 250 Å². The van der Waals surface area contributed by atoms with Crippen LogP contribution >= 0.6 is 0 Å². The van der Waals surface area contributed by atoms with Crippen LogP contribution in [0.15, 0.2) is 30.5 Å². The molecule has 0 spiro atoms. The van der Waals surface area contributed by atoms with Crippen LogP contribution in [0.2, 0.25) is 0 Å². The fourth-order valence-electron chi connectivity index (χ4n) is 4.99. The van der Waals surface area contributed by atoms with E-state index in [1.165, 1.54) is 19.4 Å². The lowest BCUT2D eigenvalue weighted by molar-refractivity contribution is -0.166. The molecule has 42 heavy (non-hydrogen) atoms. The highest BCUT2D eigenvalue weighted by Gasteiger charge is 2.20. The summed E-state index contributed by atoms with van der Waals surface area (Å²) in [4.78, 5) is 49.9. The first-order valence-corrected chi connectivity index (χ1v) is 15.2. The number of para-hydroxylation sites is 1. The zero-order valence-electron chi connectivity index (χ0n) is 26.4. The molecule has 1 aromatic carbocycles. The summed E-state index contributed by atoms with van der Waals surface area (Å²) in [6.45, 7) is 7.35. The maximum Gasteiger partial charge on any atom is 0.306 e. The molecule has 0 saturated heterocycles. The minimum absolute atomic E-state index is 0.146. The Morgan fingerprint density at radius 2 is 1.40 bits per heavy atom. The number of hydrogen-bond acceptors (Lipinski definition) is 8. The van der Waals surface area contributed by atoms with Gasteiger partial charge in [-0.1, -0.05) is 70.6 Å². The van der Waals surface area contributed by atoms with E-state index in [1.807, 2.05) is 35.9 Å². The van der Waals surface area contributed by atoms with Crippen LogP contribution < -0.4 is 0 Å². The highest BCUT2D eigenvalue weighted by molar-refractivity contribution is 5.94. The highest BCUT2D eigenvalue weighted by atomic mass is 16.6. The maximum absolute atomic E-state index is 13.2. The topological polar surface area (TPSA) is 104 Å². The number of unbranched alkanes of at least 4 members (excludes halogenated alkanes) is 3. The van der Waals surface area contributed by atoms with Gasteiger partial charge in [0.2, 0.25) is 5.91 Å². The van der Waals surface area contributed by atoms with Crippen molar-refractivity contribution in [2.24, 2.45) is 11.8 Å². The number of fused-ring (bicyclic) bond motifs is 1. The van der Waals surface area contributed by atoms with Gasteiger partial charge in [0.05, 0.1) is 5.52 Å². The Hall–Kier alpha value is -3.20. The average molecular weight is 587 g/mol. The Kier molecular flexibility index (Phi) is 15.3. The molecule has 2 atom stereocenters. The van der Waals surface area contributed by atoms with Crippen molar-refractivity contribution in [3.63, 3.8) is 0 Å². The van der Waals surface area contributed by atoms with Gasteiger partial charge in [0.25, 0.3) is 0 Å². The van der Waals surface area contributed by atoms with Crippen LogP contribution in [-0.2, 0) is 35.0 Å². The normalized spacial score (nSPS) is 12.9. The fourth-order valence-corrected chi connectivity index (χ4v) is 4.99. The minimum Gasteiger partial charge on any atom is -0.462 e. The quantitative estimate of drug-likeness (QED) is 0.115. The summed E-state index contributed by atoms with van der Waals surface area (Å²) in [7, 11) is 4.12. The molecule has 0 aliphatic heterocycles. The van der Waals surface area contributed by atoms with Crippen LogP contribution in [0.3, 0.4) is 0 Å². The SMILES string of the molecule is CC(=O)OCC(COC(C)=O)OC(=O)CC(C)CCCCCCC(C)CC(=O)n1cc(CCN(C)C)c2ccccc21. The standard InChI is InChI=1S/C33H50N2O7/c1-24(19-32(38)35-21-28(17-18-34(5)6)30-15-11-12-16-31(30)35)13-9-7-8-10-14-25(2)20-33(39)42-29(22-40-26(3)36)23-41-27(4)37/h11-12,15-16,21,24-25,29H,7-10,13-14,17-20,22-23H2,1-6H3. The second-order valence-electron chi connectivity index (χ2n) is 11.8. The summed E-state index contributed by atoms with van der Waals surface area (Å²) >= 11 is 0. The van der Waals surface area contributed by atoms with Crippen molar-refractivity contribution in [2.75, 3.05) is 33.9 Å². The van der Waals surface area contributed by atoms with Gasteiger partial charge in [0.1, 0.15) is 13.2 Å². The number of carbonyl (C=O) groups excluding carboxylic acids is 4. The number of hydrogen-bond donors (Lipinski definition) is 0. The molecule has 0 radical (unpaired) electrons. The van der Waals surface area contributed by atoms with Crippen molar-refractivity contribution < 1.29 is 33.4 Å². The van der Waals surface area contributed by atoms with E-state index in [-0.39, 0.29) is 31.5 Å². The minimum atomic E-state index is -0.812. The van der Waals surface area contributed by atoms with Crippen molar-refractivity contribution in [1.82, 2.24) is 9.47 Å². The zero-order chi connectivity index (χ0) is 31.1. The Morgan fingerprint density at radius 1 is 0.833 bits per heavy atom. The summed E-state index contributed by atoms with van der Waals surface area (Å²) < 4.78 is 17.0. The predicted octanol–water partition coefficient (Wildman–Crippen LogP) is 5.82. The average Bonchev–Trinajstić information content (AvgIpc) is 3.29. The van der Waals surface area contributed by atoms with E-state index in [0.717, 1.165) is 62.4 Å². The molecule has 0 fully saturated rings. The van der Waals surface area contributed by atoms with E-state index in [2.05, 4.69) is 32.0 Å². The molecular weight excluding hydrogens is 536 g/mol. The molecule has 0 N–H and O–H groups in total. The van der Waals surface area contributed by atoms with Gasteiger partial charge >= 0.3 is 17.9 Å². The van der Waals surface area contributed by atoms with Gasteiger partial charge in [0, 0.05) is 44.8 Å². The van der Waals surface area contributed by atoms with E-state index >= 15 is 0 Å².